The van der Waals surface area contributed by atoms with Gasteiger partial charge in [-0.25, -0.2) is 13.5 Å². The molecule has 1 aliphatic heterocycles. The first-order valence-electron chi connectivity index (χ1n) is 7.65. The van der Waals surface area contributed by atoms with Crippen LogP contribution in [-0.4, -0.2) is 22.2 Å². The first-order valence-corrected chi connectivity index (χ1v) is 7.65. The van der Waals surface area contributed by atoms with Crippen molar-refractivity contribution in [1.82, 2.24) is 9.78 Å². The monoisotopic (exact) mass is 333 g/mol. The molecular formula is C17H17F2N3O2. The van der Waals surface area contributed by atoms with Crippen molar-refractivity contribution in [2.75, 3.05) is 11.4 Å². The first-order chi connectivity index (χ1) is 11.3. The highest BCUT2D eigenvalue weighted by Crippen LogP contribution is 2.30. The number of aryl methyl sites for hydroxylation is 3. The molecule has 0 spiro atoms. The quantitative estimate of drug-likeness (QED) is 0.804. The van der Waals surface area contributed by atoms with Gasteiger partial charge in [-0.1, -0.05) is 0 Å². The number of rotatable bonds is 1. The van der Waals surface area contributed by atoms with E-state index in [9.17, 15) is 18.4 Å². The Morgan fingerprint density at radius 3 is 2.58 bits per heavy atom. The molecule has 2 heterocycles. The molecule has 24 heavy (non-hydrogen) atoms. The van der Waals surface area contributed by atoms with Gasteiger partial charge >= 0.3 is 0 Å². The number of fused-ring (bicyclic) bond motifs is 1. The van der Waals surface area contributed by atoms with Crippen LogP contribution < -0.4 is 10.5 Å². The number of anilines is 1. The van der Waals surface area contributed by atoms with Crippen molar-refractivity contribution in [2.45, 2.75) is 26.7 Å². The number of amides is 1. The van der Waals surface area contributed by atoms with Crippen molar-refractivity contribution >= 4 is 11.6 Å². The summed E-state index contributed by atoms with van der Waals surface area (Å²) in [5, 5.41) is 4.05. The molecule has 3 rings (SSSR count). The molecule has 1 aromatic carbocycles. The Hall–Kier alpha value is -2.57. The number of hydrogen-bond donors (Lipinski definition) is 0. The van der Waals surface area contributed by atoms with Crippen LogP contribution in [0.2, 0.25) is 0 Å². The van der Waals surface area contributed by atoms with Crippen LogP contribution in [0.3, 0.4) is 0 Å². The molecule has 0 unspecified atom stereocenters. The van der Waals surface area contributed by atoms with Crippen molar-refractivity contribution < 1.29 is 13.6 Å². The lowest BCUT2D eigenvalue weighted by Crippen LogP contribution is -2.41. The Bertz CT molecular complexity index is 906. The zero-order chi connectivity index (χ0) is 17.6. The minimum Gasteiger partial charge on any atom is -0.308 e. The lowest BCUT2D eigenvalue weighted by atomic mass is 9.99. The van der Waals surface area contributed by atoms with Crippen molar-refractivity contribution in [3.05, 3.63) is 56.5 Å². The number of carbonyl (C=O) groups is 1. The lowest BCUT2D eigenvalue weighted by Gasteiger charge is -2.30. The van der Waals surface area contributed by atoms with Crippen LogP contribution in [0.1, 0.15) is 33.6 Å². The maximum atomic E-state index is 13.6. The number of halogens is 2. The van der Waals surface area contributed by atoms with Gasteiger partial charge in [0.05, 0.1) is 11.4 Å². The third-order valence-corrected chi connectivity index (χ3v) is 4.42. The summed E-state index contributed by atoms with van der Waals surface area (Å²) in [7, 11) is 1.48. The van der Waals surface area contributed by atoms with E-state index >= 15 is 0 Å². The van der Waals surface area contributed by atoms with Gasteiger partial charge in [0.25, 0.3) is 11.5 Å². The third-order valence-electron chi connectivity index (χ3n) is 4.42. The number of nitrogens with zero attached hydrogens (tertiary/aromatic N) is 3. The van der Waals surface area contributed by atoms with Crippen LogP contribution in [0, 0.1) is 25.5 Å². The van der Waals surface area contributed by atoms with Crippen LogP contribution >= 0.6 is 0 Å². The Morgan fingerprint density at radius 1 is 1.21 bits per heavy atom. The van der Waals surface area contributed by atoms with Gasteiger partial charge in [-0.3, -0.25) is 9.59 Å². The summed E-state index contributed by atoms with van der Waals surface area (Å²) >= 11 is 0. The van der Waals surface area contributed by atoms with E-state index in [-0.39, 0.29) is 5.56 Å². The highest BCUT2D eigenvalue weighted by atomic mass is 19.2. The highest BCUT2D eigenvalue weighted by molar-refractivity contribution is 6.07. The molecular weight excluding hydrogens is 316 g/mol. The van der Waals surface area contributed by atoms with Gasteiger partial charge in [0.1, 0.15) is 5.56 Å². The van der Waals surface area contributed by atoms with Gasteiger partial charge in [-0.05, 0) is 43.9 Å². The summed E-state index contributed by atoms with van der Waals surface area (Å²) < 4.78 is 28.2. The lowest BCUT2D eigenvalue weighted by molar-refractivity contribution is 0.0982. The fraction of sp³-hybridized carbons (Fsp3) is 0.353. The number of aromatic nitrogens is 2. The first kappa shape index (κ1) is 16.3. The van der Waals surface area contributed by atoms with E-state index in [0.717, 1.165) is 16.8 Å². The highest BCUT2D eigenvalue weighted by Gasteiger charge is 2.29. The molecule has 0 aliphatic carbocycles. The Balaban J connectivity index is 2.15. The largest absolute Gasteiger partial charge is 0.308 e. The van der Waals surface area contributed by atoms with Crippen LogP contribution in [0.5, 0.6) is 0 Å². The molecule has 1 amide bonds. The smallest absolute Gasteiger partial charge is 0.279 e. The topological polar surface area (TPSA) is 55.2 Å². The minimum atomic E-state index is -1.01. The van der Waals surface area contributed by atoms with Crippen LogP contribution in [0.25, 0.3) is 0 Å². The van der Waals surface area contributed by atoms with E-state index in [1.807, 2.05) is 0 Å². The average molecular weight is 333 g/mol. The van der Waals surface area contributed by atoms with Gasteiger partial charge in [-0.2, -0.15) is 5.10 Å². The van der Waals surface area contributed by atoms with E-state index in [0.29, 0.717) is 41.9 Å². The average Bonchev–Trinajstić information content (AvgIpc) is 2.53. The molecule has 0 saturated carbocycles. The third kappa shape index (κ3) is 2.50. The molecule has 1 aliphatic rings. The Morgan fingerprint density at radius 2 is 1.88 bits per heavy atom. The van der Waals surface area contributed by atoms with E-state index in [2.05, 4.69) is 5.10 Å². The molecule has 1 aromatic heterocycles. The van der Waals surface area contributed by atoms with Crippen LogP contribution in [0.4, 0.5) is 14.5 Å². The zero-order valence-corrected chi connectivity index (χ0v) is 13.7. The maximum absolute atomic E-state index is 13.6. The molecule has 0 radical (unpaired) electrons. The summed E-state index contributed by atoms with van der Waals surface area (Å²) in [5.74, 6) is -2.45. The van der Waals surface area contributed by atoms with Gasteiger partial charge in [-0.15, -0.1) is 0 Å². The van der Waals surface area contributed by atoms with E-state index < -0.39 is 23.1 Å². The fourth-order valence-corrected chi connectivity index (χ4v) is 3.02. The number of benzene rings is 1. The number of carbonyl (C=O) groups excluding carboxylic acids is 1. The second-order valence-corrected chi connectivity index (χ2v) is 5.97. The van der Waals surface area contributed by atoms with Gasteiger partial charge < -0.3 is 4.90 Å². The fourth-order valence-electron chi connectivity index (χ4n) is 3.02. The second-order valence-electron chi connectivity index (χ2n) is 5.97. The molecule has 5 nitrogen and oxygen atoms in total. The summed E-state index contributed by atoms with van der Waals surface area (Å²) in [6.07, 6.45) is 1.18. The summed E-state index contributed by atoms with van der Waals surface area (Å²) in [5.41, 5.74) is 1.47. The molecule has 0 bridgehead atoms. The van der Waals surface area contributed by atoms with Gasteiger partial charge in [0.15, 0.2) is 11.6 Å². The summed E-state index contributed by atoms with van der Waals surface area (Å²) in [6.45, 7) is 3.72. The van der Waals surface area contributed by atoms with Crippen molar-refractivity contribution in [2.24, 2.45) is 7.05 Å². The molecule has 0 fully saturated rings. The summed E-state index contributed by atoms with van der Waals surface area (Å²) in [4.78, 5) is 26.7. The van der Waals surface area contributed by atoms with Gasteiger partial charge in [0, 0.05) is 19.7 Å². The second kappa shape index (κ2) is 5.81. The minimum absolute atomic E-state index is 0.0163. The number of hydrogen-bond acceptors (Lipinski definition) is 3. The summed E-state index contributed by atoms with van der Waals surface area (Å²) in [6, 6.07) is 2.14. The predicted octanol–water partition coefficient (Wildman–Crippen LogP) is 2.27. The molecule has 126 valence electrons. The Kier molecular flexibility index (Phi) is 3.95. The zero-order valence-electron chi connectivity index (χ0n) is 13.7. The van der Waals surface area contributed by atoms with E-state index in [4.69, 9.17) is 0 Å². The molecule has 7 heteroatoms. The maximum Gasteiger partial charge on any atom is 0.279 e. The standard InChI is InChI=1S/C17H17F2N3O2/c1-9-10(2)20-21(3)16(23)15(9)17(24)22-6-4-5-11-7-12(18)13(19)8-14(11)22/h7-8H,4-6H2,1-3H3. The van der Waals surface area contributed by atoms with Crippen molar-refractivity contribution in [3.63, 3.8) is 0 Å². The predicted molar refractivity (Wildman–Crippen MR) is 85.3 cm³/mol. The molecule has 0 atom stereocenters. The van der Waals surface area contributed by atoms with Crippen molar-refractivity contribution in [3.8, 4) is 0 Å². The van der Waals surface area contributed by atoms with Gasteiger partial charge in [0.2, 0.25) is 0 Å². The molecule has 2 aromatic rings. The van der Waals surface area contributed by atoms with Crippen molar-refractivity contribution in [1.29, 1.82) is 0 Å². The Labute approximate surface area is 137 Å². The van der Waals surface area contributed by atoms with E-state index in [1.165, 1.54) is 11.9 Å². The van der Waals surface area contributed by atoms with E-state index in [1.54, 1.807) is 13.8 Å². The normalized spacial score (nSPS) is 13.8. The van der Waals surface area contributed by atoms with Crippen LogP contribution in [0.15, 0.2) is 16.9 Å². The SMILES string of the molecule is Cc1nn(C)c(=O)c(C(=O)N2CCCc3cc(F)c(F)cc32)c1C. The van der Waals surface area contributed by atoms with Crippen LogP contribution in [-0.2, 0) is 13.5 Å². The molecule has 0 saturated heterocycles. The molecule has 0 N–H and O–H groups in total.